The van der Waals surface area contributed by atoms with Gasteiger partial charge in [0.15, 0.2) is 0 Å². The van der Waals surface area contributed by atoms with E-state index in [4.69, 9.17) is 0 Å². The van der Waals surface area contributed by atoms with Gasteiger partial charge in [-0.25, -0.2) is 0 Å². The van der Waals surface area contributed by atoms with Crippen LogP contribution in [0.5, 0.6) is 0 Å². The molecular weight excluding hydrogens is 226 g/mol. The molecule has 1 amide bonds. The maximum absolute atomic E-state index is 11.4. The number of carbonyl (C=O) groups is 1. The lowest BCUT2D eigenvalue weighted by atomic mass is 9.97. The van der Waals surface area contributed by atoms with Crippen LogP contribution in [-0.2, 0) is 0 Å². The molecule has 1 N–H and O–H groups in total. The second kappa shape index (κ2) is 6.04. The van der Waals surface area contributed by atoms with Crippen molar-refractivity contribution in [1.29, 1.82) is 0 Å². The van der Waals surface area contributed by atoms with E-state index in [1.54, 1.807) is 10.8 Å². The third-order valence-electron chi connectivity index (χ3n) is 1.39. The summed E-state index contributed by atoms with van der Waals surface area (Å²) >= 11 is 0. The zero-order valence-electron chi connectivity index (χ0n) is 10.6. The van der Waals surface area contributed by atoms with Gasteiger partial charge in [0.2, 0.25) is 0 Å². The van der Waals surface area contributed by atoms with E-state index in [2.05, 4.69) is 46.9 Å². The van der Waals surface area contributed by atoms with Gasteiger partial charge in [-0.15, -0.1) is 0 Å². The van der Waals surface area contributed by atoms with E-state index < -0.39 is 0 Å². The largest absolute Gasteiger partial charge is 0.346 e. The van der Waals surface area contributed by atoms with Gasteiger partial charge in [-0.3, -0.25) is 4.79 Å². The first-order valence-corrected chi connectivity index (χ1v) is 7.49. The van der Waals surface area contributed by atoms with Crippen LogP contribution in [0.4, 0.5) is 4.79 Å². The molecule has 0 atom stereocenters. The van der Waals surface area contributed by atoms with Crippen molar-refractivity contribution in [3.63, 3.8) is 0 Å². The fourth-order valence-electron chi connectivity index (χ4n) is 0.627. The van der Waals surface area contributed by atoms with Crippen molar-refractivity contribution >= 4 is 26.8 Å². The zero-order valence-corrected chi connectivity index (χ0v) is 12.3. The molecule has 0 fully saturated rings. The lowest BCUT2D eigenvalue weighted by Gasteiger charge is -2.19. The Morgan fingerprint density at radius 1 is 1.07 bits per heavy atom. The molecule has 0 heterocycles. The Bertz CT molecular complexity index is 204. The molecular formula is C11H23NOS2. The van der Waals surface area contributed by atoms with E-state index in [1.807, 2.05) is 0 Å². The Labute approximate surface area is 102 Å². The van der Waals surface area contributed by atoms with E-state index in [9.17, 15) is 4.79 Å². The van der Waals surface area contributed by atoms with Crippen molar-refractivity contribution in [2.45, 2.75) is 41.5 Å². The summed E-state index contributed by atoms with van der Waals surface area (Å²) in [4.78, 5) is 11.4. The summed E-state index contributed by atoms with van der Waals surface area (Å²) in [6.07, 6.45) is 0. The molecule has 15 heavy (non-hydrogen) atoms. The topological polar surface area (TPSA) is 29.1 Å². The molecule has 0 aliphatic rings. The zero-order chi connectivity index (χ0) is 12.1. The first-order chi connectivity index (χ1) is 6.60. The van der Waals surface area contributed by atoms with E-state index in [1.165, 1.54) is 10.8 Å². The first-order valence-electron chi connectivity index (χ1n) is 5.17. The standard InChI is InChI=1S/C11H23NOS2/c1-10(2,3)7-12-9(13)15-14-8-11(4,5)6/h7-8H2,1-6H3,(H,12,13). The quantitative estimate of drug-likeness (QED) is 0.761. The first kappa shape index (κ1) is 15.2. The maximum Gasteiger partial charge on any atom is 0.289 e. The third-order valence-corrected chi connectivity index (χ3v) is 3.95. The molecule has 0 saturated carbocycles. The van der Waals surface area contributed by atoms with Crippen LogP contribution in [0, 0.1) is 10.8 Å². The van der Waals surface area contributed by atoms with E-state index in [-0.39, 0.29) is 16.1 Å². The second-order valence-electron chi connectivity index (χ2n) is 6.11. The molecule has 0 aromatic carbocycles. The predicted molar refractivity (Wildman–Crippen MR) is 72.4 cm³/mol. The van der Waals surface area contributed by atoms with Gasteiger partial charge in [0.05, 0.1) is 0 Å². The van der Waals surface area contributed by atoms with Crippen molar-refractivity contribution in [2.24, 2.45) is 10.8 Å². The summed E-state index contributed by atoms with van der Waals surface area (Å²) in [5.41, 5.74) is 0.437. The fourth-order valence-corrected chi connectivity index (χ4v) is 3.01. The molecule has 90 valence electrons. The van der Waals surface area contributed by atoms with Gasteiger partial charge in [-0.05, 0) is 10.8 Å². The third kappa shape index (κ3) is 12.1. The second-order valence-corrected chi connectivity index (χ2v) is 8.38. The molecule has 4 heteroatoms. The lowest BCUT2D eigenvalue weighted by molar-refractivity contribution is 0.256. The summed E-state index contributed by atoms with van der Waals surface area (Å²) in [5.74, 6) is 0.987. The van der Waals surface area contributed by atoms with Crippen molar-refractivity contribution in [3.8, 4) is 0 Å². The molecule has 0 aliphatic heterocycles. The predicted octanol–water partition coefficient (Wildman–Crippen LogP) is 4.17. The molecule has 0 aliphatic carbocycles. The molecule has 2 nitrogen and oxygen atoms in total. The molecule has 0 saturated heterocycles. The van der Waals surface area contributed by atoms with Crippen molar-refractivity contribution in [3.05, 3.63) is 0 Å². The minimum absolute atomic E-state index is 0.0687. The summed E-state index contributed by atoms with van der Waals surface area (Å²) in [6, 6.07) is 0. The number of rotatable bonds is 3. The van der Waals surface area contributed by atoms with Gasteiger partial charge in [-0.1, -0.05) is 52.3 Å². The Morgan fingerprint density at radius 3 is 2.00 bits per heavy atom. The summed E-state index contributed by atoms with van der Waals surface area (Å²) in [6.45, 7) is 13.6. The average Bonchev–Trinajstić information content (AvgIpc) is 1.97. The van der Waals surface area contributed by atoms with Crippen LogP contribution in [-0.4, -0.2) is 17.5 Å². The number of nitrogens with one attached hydrogen (secondary N) is 1. The Hall–Kier alpha value is 0.170. The molecule has 0 unspecified atom stereocenters. The molecule has 0 bridgehead atoms. The molecule has 0 rings (SSSR count). The van der Waals surface area contributed by atoms with Gasteiger partial charge >= 0.3 is 0 Å². The smallest absolute Gasteiger partial charge is 0.289 e. The minimum Gasteiger partial charge on any atom is -0.346 e. The lowest BCUT2D eigenvalue weighted by Crippen LogP contribution is -2.29. The Kier molecular flexibility index (Phi) is 6.11. The molecule has 0 aromatic rings. The Balaban J connectivity index is 3.60. The highest BCUT2D eigenvalue weighted by atomic mass is 33.1. The van der Waals surface area contributed by atoms with Crippen molar-refractivity contribution < 1.29 is 4.79 Å². The van der Waals surface area contributed by atoms with Crippen LogP contribution in [0.1, 0.15) is 41.5 Å². The van der Waals surface area contributed by atoms with Gasteiger partial charge in [0.1, 0.15) is 0 Å². The molecule has 0 spiro atoms. The number of carbonyl (C=O) groups excluding carboxylic acids is 1. The van der Waals surface area contributed by atoms with Gasteiger partial charge < -0.3 is 5.32 Å². The van der Waals surface area contributed by atoms with Crippen LogP contribution in [0.2, 0.25) is 0 Å². The maximum atomic E-state index is 11.4. The monoisotopic (exact) mass is 249 g/mol. The highest BCUT2D eigenvalue weighted by Gasteiger charge is 2.14. The number of hydrogen-bond donors (Lipinski definition) is 1. The highest BCUT2D eigenvalue weighted by molar-refractivity contribution is 8.82. The summed E-state index contributed by atoms with van der Waals surface area (Å²) < 4.78 is 0. The van der Waals surface area contributed by atoms with Crippen LogP contribution in [0.3, 0.4) is 0 Å². The van der Waals surface area contributed by atoms with Gasteiger partial charge in [0, 0.05) is 23.1 Å². The van der Waals surface area contributed by atoms with Gasteiger partial charge in [-0.2, -0.15) is 0 Å². The van der Waals surface area contributed by atoms with E-state index >= 15 is 0 Å². The van der Waals surface area contributed by atoms with E-state index in [0.29, 0.717) is 0 Å². The van der Waals surface area contributed by atoms with Crippen molar-refractivity contribution in [1.82, 2.24) is 5.32 Å². The Morgan fingerprint density at radius 2 is 1.60 bits per heavy atom. The highest BCUT2D eigenvalue weighted by Crippen LogP contribution is 2.30. The van der Waals surface area contributed by atoms with Crippen LogP contribution in [0.15, 0.2) is 0 Å². The van der Waals surface area contributed by atoms with Crippen LogP contribution >= 0.6 is 21.6 Å². The SMILES string of the molecule is CC(C)(C)CNC(=O)SSCC(C)(C)C. The van der Waals surface area contributed by atoms with Crippen LogP contribution in [0.25, 0.3) is 0 Å². The number of amides is 1. The van der Waals surface area contributed by atoms with Gasteiger partial charge in [0.25, 0.3) is 5.24 Å². The molecule has 0 radical (unpaired) electrons. The minimum atomic E-state index is 0.0687. The normalized spacial score (nSPS) is 12.7. The van der Waals surface area contributed by atoms with Crippen LogP contribution < -0.4 is 5.32 Å². The van der Waals surface area contributed by atoms with Crippen molar-refractivity contribution in [2.75, 3.05) is 12.3 Å². The number of hydrogen-bond acceptors (Lipinski definition) is 3. The molecule has 0 aromatic heterocycles. The summed E-state index contributed by atoms with van der Waals surface area (Å²) in [7, 11) is 2.93. The average molecular weight is 249 g/mol. The summed E-state index contributed by atoms with van der Waals surface area (Å²) in [5, 5.41) is 2.98. The fraction of sp³-hybridized carbons (Fsp3) is 0.909. The van der Waals surface area contributed by atoms with E-state index in [0.717, 1.165) is 12.3 Å².